The molecule has 1 rings (SSSR count). The Kier molecular flexibility index (Phi) is 5.33. The lowest BCUT2D eigenvalue weighted by Gasteiger charge is -2.21. The number of nitrogens with two attached hydrogens (primary N) is 1. The van der Waals surface area contributed by atoms with Crippen LogP contribution >= 0.6 is 0 Å². The van der Waals surface area contributed by atoms with E-state index in [0.717, 1.165) is 0 Å². The largest absolute Gasteiger partial charge is 0.444 e. The Morgan fingerprint density at radius 2 is 2.05 bits per heavy atom. The molecule has 0 spiro atoms. The minimum atomic E-state index is -0.595. The fraction of sp³-hybridized carbons (Fsp3) is 0.500. The van der Waals surface area contributed by atoms with Crippen LogP contribution < -0.4 is 16.4 Å². The summed E-state index contributed by atoms with van der Waals surface area (Å²) in [7, 11) is 0. The summed E-state index contributed by atoms with van der Waals surface area (Å²) in [5, 5.41) is 5.63. The van der Waals surface area contributed by atoms with Gasteiger partial charge in [0.1, 0.15) is 11.4 Å². The first-order chi connectivity index (χ1) is 9.21. The van der Waals surface area contributed by atoms with Crippen molar-refractivity contribution >= 4 is 17.5 Å². The molecule has 0 aliphatic heterocycles. The summed E-state index contributed by atoms with van der Waals surface area (Å²) in [6.45, 7) is 7.57. The van der Waals surface area contributed by atoms with Crippen molar-refractivity contribution in [1.82, 2.24) is 0 Å². The molecule has 0 radical (unpaired) electrons. The molecule has 1 aromatic carbocycles. The van der Waals surface area contributed by atoms with E-state index in [1.165, 1.54) is 18.2 Å². The Bertz CT molecular complexity index is 472. The van der Waals surface area contributed by atoms with Crippen LogP contribution in [0.2, 0.25) is 0 Å². The van der Waals surface area contributed by atoms with E-state index in [4.69, 9.17) is 10.5 Å². The number of rotatable bonds is 4. The van der Waals surface area contributed by atoms with Crippen LogP contribution in [-0.4, -0.2) is 24.3 Å². The SMILES string of the molecule is CC(CN)Nc1cc(F)ccc1NC(=O)OC(C)(C)C. The molecule has 0 bridgehead atoms. The van der Waals surface area contributed by atoms with Crippen LogP contribution in [0.1, 0.15) is 27.7 Å². The van der Waals surface area contributed by atoms with Crippen LogP contribution in [0.4, 0.5) is 20.6 Å². The highest BCUT2D eigenvalue weighted by atomic mass is 19.1. The molecule has 20 heavy (non-hydrogen) atoms. The average Bonchev–Trinajstić information content (AvgIpc) is 2.30. The van der Waals surface area contributed by atoms with E-state index in [1.807, 2.05) is 6.92 Å². The van der Waals surface area contributed by atoms with Gasteiger partial charge in [-0.3, -0.25) is 5.32 Å². The van der Waals surface area contributed by atoms with Crippen molar-refractivity contribution in [2.24, 2.45) is 5.73 Å². The van der Waals surface area contributed by atoms with Crippen LogP contribution in [0.5, 0.6) is 0 Å². The summed E-state index contributed by atoms with van der Waals surface area (Å²) in [5.41, 5.74) is 5.84. The van der Waals surface area contributed by atoms with Gasteiger partial charge in [-0.1, -0.05) is 0 Å². The highest BCUT2D eigenvalue weighted by Gasteiger charge is 2.17. The highest BCUT2D eigenvalue weighted by Crippen LogP contribution is 2.24. The number of benzene rings is 1. The molecule has 0 aromatic heterocycles. The molecule has 4 N–H and O–H groups in total. The molecule has 0 saturated carbocycles. The van der Waals surface area contributed by atoms with Gasteiger partial charge in [-0.2, -0.15) is 0 Å². The number of hydrogen-bond acceptors (Lipinski definition) is 4. The van der Waals surface area contributed by atoms with E-state index in [0.29, 0.717) is 17.9 Å². The monoisotopic (exact) mass is 283 g/mol. The molecule has 0 aliphatic rings. The van der Waals surface area contributed by atoms with Crippen molar-refractivity contribution in [2.75, 3.05) is 17.2 Å². The molecule has 5 nitrogen and oxygen atoms in total. The Morgan fingerprint density at radius 3 is 2.60 bits per heavy atom. The van der Waals surface area contributed by atoms with Crippen LogP contribution in [0.25, 0.3) is 0 Å². The van der Waals surface area contributed by atoms with Gasteiger partial charge in [-0.25, -0.2) is 9.18 Å². The van der Waals surface area contributed by atoms with E-state index in [2.05, 4.69) is 10.6 Å². The van der Waals surface area contributed by atoms with E-state index >= 15 is 0 Å². The smallest absolute Gasteiger partial charge is 0.412 e. The molecule has 0 heterocycles. The summed E-state index contributed by atoms with van der Waals surface area (Å²) in [6.07, 6.45) is -0.590. The van der Waals surface area contributed by atoms with Crippen LogP contribution in [0.3, 0.4) is 0 Å². The minimum Gasteiger partial charge on any atom is -0.444 e. The van der Waals surface area contributed by atoms with Gasteiger partial charge in [0.05, 0.1) is 11.4 Å². The lowest BCUT2D eigenvalue weighted by molar-refractivity contribution is 0.0636. The summed E-state index contributed by atoms with van der Waals surface area (Å²) in [4.78, 5) is 11.7. The first kappa shape index (κ1) is 16.2. The van der Waals surface area contributed by atoms with Crippen LogP contribution in [0.15, 0.2) is 18.2 Å². The second-order valence-electron chi connectivity index (χ2n) is 5.60. The van der Waals surface area contributed by atoms with Gasteiger partial charge in [0.2, 0.25) is 0 Å². The Balaban J connectivity index is 2.86. The number of amides is 1. The van der Waals surface area contributed by atoms with Gasteiger partial charge in [0, 0.05) is 12.6 Å². The second-order valence-corrected chi connectivity index (χ2v) is 5.60. The van der Waals surface area contributed by atoms with Crippen molar-refractivity contribution in [3.63, 3.8) is 0 Å². The highest BCUT2D eigenvalue weighted by molar-refractivity contribution is 5.89. The Hall–Kier alpha value is -1.82. The topological polar surface area (TPSA) is 76.4 Å². The number of carbonyl (C=O) groups is 1. The van der Waals surface area contributed by atoms with Crippen molar-refractivity contribution in [2.45, 2.75) is 39.3 Å². The van der Waals surface area contributed by atoms with Crippen molar-refractivity contribution in [3.8, 4) is 0 Å². The van der Waals surface area contributed by atoms with Gasteiger partial charge >= 0.3 is 6.09 Å². The summed E-state index contributed by atoms with van der Waals surface area (Å²) in [6, 6.07) is 4.00. The number of halogens is 1. The maximum absolute atomic E-state index is 13.3. The molecule has 112 valence electrons. The third-order valence-corrected chi connectivity index (χ3v) is 2.37. The van der Waals surface area contributed by atoms with Crippen LogP contribution in [0, 0.1) is 5.82 Å². The van der Waals surface area contributed by atoms with Crippen molar-refractivity contribution in [1.29, 1.82) is 0 Å². The molecule has 0 aliphatic carbocycles. The molecular weight excluding hydrogens is 261 g/mol. The van der Waals surface area contributed by atoms with Gasteiger partial charge < -0.3 is 15.8 Å². The first-order valence-corrected chi connectivity index (χ1v) is 6.47. The zero-order chi connectivity index (χ0) is 15.3. The molecule has 0 fully saturated rings. The summed E-state index contributed by atoms with van der Waals surface area (Å²) < 4.78 is 18.5. The Morgan fingerprint density at radius 1 is 1.40 bits per heavy atom. The van der Waals surface area contributed by atoms with Crippen LogP contribution in [-0.2, 0) is 4.74 Å². The number of nitrogens with one attached hydrogen (secondary N) is 2. The molecular formula is C14H22FN3O2. The first-order valence-electron chi connectivity index (χ1n) is 6.47. The molecule has 1 unspecified atom stereocenters. The van der Waals surface area contributed by atoms with E-state index in [-0.39, 0.29) is 6.04 Å². The van der Waals surface area contributed by atoms with Crippen molar-refractivity contribution < 1.29 is 13.9 Å². The van der Waals surface area contributed by atoms with E-state index in [9.17, 15) is 9.18 Å². The maximum atomic E-state index is 13.3. The number of hydrogen-bond donors (Lipinski definition) is 3. The van der Waals surface area contributed by atoms with Gasteiger partial charge in [0.25, 0.3) is 0 Å². The second kappa shape index (κ2) is 6.56. The summed E-state index contributed by atoms with van der Waals surface area (Å²) in [5.74, 6) is -0.397. The van der Waals surface area contributed by atoms with E-state index < -0.39 is 17.5 Å². The molecule has 6 heteroatoms. The fourth-order valence-corrected chi connectivity index (χ4v) is 1.48. The Labute approximate surface area is 118 Å². The third kappa shape index (κ3) is 5.44. The van der Waals surface area contributed by atoms with Gasteiger partial charge in [-0.15, -0.1) is 0 Å². The van der Waals surface area contributed by atoms with Crippen molar-refractivity contribution in [3.05, 3.63) is 24.0 Å². The van der Waals surface area contributed by atoms with Gasteiger partial charge in [0.15, 0.2) is 0 Å². The van der Waals surface area contributed by atoms with Gasteiger partial charge in [-0.05, 0) is 45.9 Å². The predicted octanol–water partition coefficient (Wildman–Crippen LogP) is 2.93. The standard InChI is InChI=1S/C14H22FN3O2/c1-9(8-16)17-12-7-10(15)5-6-11(12)18-13(19)20-14(2,3)4/h5-7,9,17H,8,16H2,1-4H3,(H,18,19). The number of anilines is 2. The lowest BCUT2D eigenvalue weighted by atomic mass is 10.2. The predicted molar refractivity (Wildman–Crippen MR) is 78.4 cm³/mol. The normalized spacial score (nSPS) is 12.7. The lowest BCUT2D eigenvalue weighted by Crippen LogP contribution is -2.29. The fourth-order valence-electron chi connectivity index (χ4n) is 1.48. The molecule has 0 saturated heterocycles. The third-order valence-electron chi connectivity index (χ3n) is 2.37. The number of ether oxygens (including phenoxy) is 1. The zero-order valence-electron chi connectivity index (χ0n) is 12.3. The molecule has 1 aromatic rings. The summed E-state index contributed by atoms with van der Waals surface area (Å²) >= 11 is 0. The maximum Gasteiger partial charge on any atom is 0.412 e. The number of carbonyl (C=O) groups excluding carboxylic acids is 1. The zero-order valence-corrected chi connectivity index (χ0v) is 12.3. The molecule has 1 atom stereocenters. The van der Waals surface area contributed by atoms with E-state index in [1.54, 1.807) is 20.8 Å². The average molecular weight is 283 g/mol. The quantitative estimate of drug-likeness (QED) is 0.794. The minimum absolute atomic E-state index is 0.0454. The molecule has 1 amide bonds.